The maximum absolute atomic E-state index is 14.2. The van der Waals surface area contributed by atoms with E-state index >= 15 is 0 Å². The molecule has 1 saturated carbocycles. The van der Waals surface area contributed by atoms with Gasteiger partial charge in [-0.2, -0.15) is 0 Å². The van der Waals surface area contributed by atoms with E-state index in [2.05, 4.69) is 5.43 Å². The second-order valence-corrected chi connectivity index (χ2v) is 5.64. The topological polar surface area (TPSA) is 47.3 Å². The number of hydrazine groups is 1. The Labute approximate surface area is 120 Å². The third-order valence-electron chi connectivity index (χ3n) is 4.34. The van der Waals surface area contributed by atoms with E-state index in [0.29, 0.717) is 17.2 Å². The van der Waals surface area contributed by atoms with Crippen LogP contribution in [-0.4, -0.2) is 7.11 Å². The fourth-order valence-corrected chi connectivity index (χ4v) is 3.19. The summed E-state index contributed by atoms with van der Waals surface area (Å²) in [7, 11) is 1.54. The van der Waals surface area contributed by atoms with Gasteiger partial charge in [0, 0.05) is 11.6 Å². The van der Waals surface area contributed by atoms with Crippen LogP contribution >= 0.6 is 0 Å². The number of methoxy groups -OCH3 is 1. The van der Waals surface area contributed by atoms with Gasteiger partial charge in [0.15, 0.2) is 0 Å². The first-order chi connectivity index (χ1) is 9.76. The molecule has 1 aliphatic carbocycles. The zero-order valence-electron chi connectivity index (χ0n) is 12.2. The van der Waals surface area contributed by atoms with Crippen molar-refractivity contribution >= 4 is 0 Å². The van der Waals surface area contributed by atoms with Gasteiger partial charge in [0.2, 0.25) is 0 Å². The molecule has 20 heavy (non-hydrogen) atoms. The van der Waals surface area contributed by atoms with E-state index in [0.717, 1.165) is 12.8 Å². The van der Waals surface area contributed by atoms with E-state index in [1.54, 1.807) is 19.2 Å². The summed E-state index contributed by atoms with van der Waals surface area (Å²) in [6.07, 6.45) is 8.52. The highest BCUT2D eigenvalue weighted by Gasteiger charge is 2.25. The third kappa shape index (κ3) is 3.70. The number of benzene rings is 1. The molecular weight excluding hydrogens is 255 g/mol. The molecule has 1 aromatic rings. The molecule has 2 rings (SSSR count). The lowest BCUT2D eigenvalue weighted by molar-refractivity contribution is 0.285. The maximum atomic E-state index is 14.2. The fourth-order valence-electron chi connectivity index (χ4n) is 3.19. The lowest BCUT2D eigenvalue weighted by Crippen LogP contribution is -2.34. The number of hydrogen-bond acceptors (Lipinski definition) is 3. The van der Waals surface area contributed by atoms with E-state index < -0.39 is 0 Å². The molecule has 1 unspecified atom stereocenters. The van der Waals surface area contributed by atoms with Crippen LogP contribution in [0.2, 0.25) is 0 Å². The first kappa shape index (κ1) is 15.3. The van der Waals surface area contributed by atoms with Crippen LogP contribution < -0.4 is 16.0 Å². The first-order valence-electron chi connectivity index (χ1n) is 7.56. The van der Waals surface area contributed by atoms with Crippen LogP contribution in [0.15, 0.2) is 18.2 Å². The Kier molecular flexibility index (Phi) is 5.80. The summed E-state index contributed by atoms with van der Waals surface area (Å²) in [5.74, 6) is 6.42. The molecule has 1 aliphatic rings. The zero-order valence-corrected chi connectivity index (χ0v) is 12.2. The molecule has 0 amide bonds. The van der Waals surface area contributed by atoms with E-state index in [-0.39, 0.29) is 11.9 Å². The molecule has 0 saturated heterocycles. The molecule has 3 nitrogen and oxygen atoms in total. The van der Waals surface area contributed by atoms with Gasteiger partial charge in [-0.25, -0.2) is 4.39 Å². The van der Waals surface area contributed by atoms with Gasteiger partial charge in [-0.1, -0.05) is 38.2 Å². The monoisotopic (exact) mass is 280 g/mol. The Bertz CT molecular complexity index is 417. The largest absolute Gasteiger partial charge is 0.497 e. The van der Waals surface area contributed by atoms with Crippen LogP contribution in [0.3, 0.4) is 0 Å². The third-order valence-corrected chi connectivity index (χ3v) is 4.34. The summed E-state index contributed by atoms with van der Waals surface area (Å²) in [5, 5.41) is 0. The lowest BCUT2D eigenvalue weighted by atomic mass is 9.83. The quantitative estimate of drug-likeness (QED) is 0.653. The number of nitrogens with two attached hydrogens (primary N) is 1. The van der Waals surface area contributed by atoms with E-state index in [1.165, 1.54) is 38.2 Å². The summed E-state index contributed by atoms with van der Waals surface area (Å²) < 4.78 is 19.3. The molecule has 4 heteroatoms. The van der Waals surface area contributed by atoms with E-state index in [4.69, 9.17) is 10.6 Å². The van der Waals surface area contributed by atoms with Crippen LogP contribution in [-0.2, 0) is 0 Å². The van der Waals surface area contributed by atoms with Gasteiger partial charge in [0.05, 0.1) is 13.2 Å². The Hall–Kier alpha value is -1.13. The molecule has 0 bridgehead atoms. The number of halogens is 1. The number of rotatable bonds is 4. The van der Waals surface area contributed by atoms with Crippen molar-refractivity contribution < 1.29 is 9.13 Å². The predicted molar refractivity (Wildman–Crippen MR) is 78.8 cm³/mol. The van der Waals surface area contributed by atoms with Crippen molar-refractivity contribution in [2.24, 2.45) is 11.8 Å². The molecule has 1 fully saturated rings. The average molecular weight is 280 g/mol. The number of hydrogen-bond donors (Lipinski definition) is 2. The Morgan fingerprint density at radius 1 is 1.20 bits per heavy atom. The smallest absolute Gasteiger partial charge is 0.131 e. The summed E-state index contributed by atoms with van der Waals surface area (Å²) in [6, 6.07) is 4.91. The molecule has 3 N–H and O–H groups in total. The number of nitrogens with one attached hydrogen (secondary N) is 1. The molecule has 112 valence electrons. The Balaban J connectivity index is 2.17. The van der Waals surface area contributed by atoms with Crippen LogP contribution in [0.25, 0.3) is 0 Å². The van der Waals surface area contributed by atoms with Crippen LogP contribution in [0, 0.1) is 11.7 Å². The second-order valence-electron chi connectivity index (χ2n) is 5.64. The van der Waals surface area contributed by atoms with Crippen LogP contribution in [0.1, 0.15) is 56.6 Å². The number of ether oxygens (including phenoxy) is 1. The average Bonchev–Trinajstić information content (AvgIpc) is 2.42. The molecule has 1 aromatic carbocycles. The summed E-state index contributed by atoms with van der Waals surface area (Å²) in [6.45, 7) is 0. The van der Waals surface area contributed by atoms with Crippen molar-refractivity contribution in [1.82, 2.24) is 5.43 Å². The molecule has 0 heterocycles. The Morgan fingerprint density at radius 3 is 2.40 bits per heavy atom. The van der Waals surface area contributed by atoms with Gasteiger partial charge < -0.3 is 4.74 Å². The van der Waals surface area contributed by atoms with Crippen molar-refractivity contribution in [2.45, 2.75) is 51.0 Å². The second kappa shape index (κ2) is 7.60. The van der Waals surface area contributed by atoms with E-state index in [9.17, 15) is 4.39 Å². The maximum Gasteiger partial charge on any atom is 0.131 e. The van der Waals surface area contributed by atoms with Gasteiger partial charge in [-0.15, -0.1) is 0 Å². The summed E-state index contributed by atoms with van der Waals surface area (Å²) in [5.41, 5.74) is 3.49. The van der Waals surface area contributed by atoms with Crippen LogP contribution in [0.5, 0.6) is 5.75 Å². The summed E-state index contributed by atoms with van der Waals surface area (Å²) >= 11 is 0. The minimum atomic E-state index is -0.241. The van der Waals surface area contributed by atoms with Gasteiger partial charge in [0.1, 0.15) is 11.6 Å². The highest BCUT2D eigenvalue weighted by molar-refractivity contribution is 5.31. The minimum Gasteiger partial charge on any atom is -0.497 e. The Morgan fingerprint density at radius 2 is 1.85 bits per heavy atom. The van der Waals surface area contributed by atoms with E-state index in [1.807, 2.05) is 0 Å². The van der Waals surface area contributed by atoms with Crippen molar-refractivity contribution in [3.8, 4) is 5.75 Å². The van der Waals surface area contributed by atoms with Crippen molar-refractivity contribution in [2.75, 3.05) is 7.11 Å². The fraction of sp³-hybridized carbons (Fsp3) is 0.625. The summed E-state index contributed by atoms with van der Waals surface area (Å²) in [4.78, 5) is 0. The van der Waals surface area contributed by atoms with Crippen molar-refractivity contribution in [3.63, 3.8) is 0 Å². The lowest BCUT2D eigenvalue weighted by Gasteiger charge is -2.29. The molecular formula is C16H25FN2O. The van der Waals surface area contributed by atoms with Crippen LogP contribution in [0.4, 0.5) is 4.39 Å². The van der Waals surface area contributed by atoms with Crippen molar-refractivity contribution in [3.05, 3.63) is 29.6 Å². The van der Waals surface area contributed by atoms with Crippen molar-refractivity contribution in [1.29, 1.82) is 0 Å². The van der Waals surface area contributed by atoms with Gasteiger partial charge in [0.25, 0.3) is 0 Å². The molecule has 0 spiro atoms. The van der Waals surface area contributed by atoms with Gasteiger partial charge in [-0.05, 0) is 24.8 Å². The molecule has 0 aromatic heterocycles. The molecule has 0 radical (unpaired) electrons. The normalized spacial score (nSPS) is 19.1. The standard InChI is InChI=1S/C16H25FN2O/c1-20-13-9-10-14(15(17)11-13)16(19-18)12-7-5-3-2-4-6-8-12/h9-12,16,19H,2-8,18H2,1H3. The van der Waals surface area contributed by atoms with Gasteiger partial charge in [-0.3, -0.25) is 11.3 Å². The highest BCUT2D eigenvalue weighted by Crippen LogP contribution is 2.34. The highest BCUT2D eigenvalue weighted by atomic mass is 19.1. The zero-order chi connectivity index (χ0) is 14.4. The van der Waals surface area contributed by atoms with Gasteiger partial charge >= 0.3 is 0 Å². The SMILES string of the molecule is COc1ccc(C(NN)C2CCCCCCC2)c(F)c1. The first-order valence-corrected chi connectivity index (χ1v) is 7.56. The molecule has 1 atom stereocenters. The molecule has 0 aliphatic heterocycles. The predicted octanol–water partition coefficient (Wildman–Crippen LogP) is 3.70. The minimum absolute atomic E-state index is 0.112.